The Hall–Kier alpha value is -1.41. The number of carbonyl (C=O) groups excluding carboxylic acids is 1. The number of nitrogens with two attached hydrogens (primary N) is 1. The summed E-state index contributed by atoms with van der Waals surface area (Å²) in [6.45, 7) is 2.88. The van der Waals surface area contributed by atoms with Crippen LogP contribution in [0, 0.1) is 0 Å². The van der Waals surface area contributed by atoms with Gasteiger partial charge in [-0.05, 0) is 24.1 Å². The smallest absolute Gasteiger partial charge is 0.277 e. The van der Waals surface area contributed by atoms with Crippen LogP contribution in [0.3, 0.4) is 0 Å². The molecule has 1 fully saturated rings. The van der Waals surface area contributed by atoms with Crippen LogP contribution in [-0.4, -0.2) is 49.7 Å². The molecule has 0 unspecified atom stereocenters. The van der Waals surface area contributed by atoms with Crippen molar-refractivity contribution in [3.05, 3.63) is 40.9 Å². The van der Waals surface area contributed by atoms with E-state index in [1.54, 1.807) is 11.0 Å². The summed E-state index contributed by atoms with van der Waals surface area (Å²) in [4.78, 5) is 13.9. The van der Waals surface area contributed by atoms with Crippen molar-refractivity contribution in [2.45, 2.75) is 6.92 Å². The van der Waals surface area contributed by atoms with Crippen molar-refractivity contribution in [3.8, 4) is 0 Å². The zero-order valence-corrected chi connectivity index (χ0v) is 13.8. The van der Waals surface area contributed by atoms with Gasteiger partial charge in [0.15, 0.2) is 0 Å². The van der Waals surface area contributed by atoms with Gasteiger partial charge in [-0.25, -0.2) is 5.14 Å². The maximum Gasteiger partial charge on any atom is 0.277 e. The number of allylic oxidation sites excluding steroid dienone is 1. The average Bonchev–Trinajstić information content (AvgIpc) is 2.46. The van der Waals surface area contributed by atoms with Crippen molar-refractivity contribution in [2.75, 3.05) is 26.2 Å². The normalized spacial score (nSPS) is 17.6. The lowest BCUT2D eigenvalue weighted by molar-refractivity contribution is -0.127. The van der Waals surface area contributed by atoms with Crippen molar-refractivity contribution in [1.29, 1.82) is 0 Å². The molecule has 0 saturated carbocycles. The monoisotopic (exact) mass is 343 g/mol. The third kappa shape index (κ3) is 4.07. The van der Waals surface area contributed by atoms with E-state index in [1.165, 1.54) is 10.4 Å². The van der Waals surface area contributed by atoms with Crippen LogP contribution in [0.25, 0.3) is 5.57 Å². The van der Waals surface area contributed by atoms with E-state index in [2.05, 4.69) is 0 Å². The third-order valence-electron chi connectivity index (χ3n) is 3.55. The molecule has 6 nitrogen and oxygen atoms in total. The molecular weight excluding hydrogens is 326 g/mol. The van der Waals surface area contributed by atoms with Crippen LogP contribution in [0.15, 0.2) is 30.3 Å². The summed E-state index contributed by atoms with van der Waals surface area (Å²) in [6, 6.07) is 7.30. The van der Waals surface area contributed by atoms with Gasteiger partial charge in [0.1, 0.15) is 0 Å². The Morgan fingerprint density at radius 3 is 2.36 bits per heavy atom. The summed E-state index contributed by atoms with van der Waals surface area (Å²) < 4.78 is 23.6. The Labute approximate surface area is 135 Å². The lowest BCUT2D eigenvalue weighted by atomic mass is 10.1. The van der Waals surface area contributed by atoms with Crippen LogP contribution in [0.5, 0.6) is 0 Å². The van der Waals surface area contributed by atoms with Gasteiger partial charge >= 0.3 is 0 Å². The molecule has 22 heavy (non-hydrogen) atoms. The maximum atomic E-state index is 12.3. The molecule has 0 aliphatic carbocycles. The fourth-order valence-electron chi connectivity index (χ4n) is 2.30. The minimum atomic E-state index is -3.68. The molecule has 1 heterocycles. The summed E-state index contributed by atoms with van der Waals surface area (Å²) in [5, 5.41) is 5.66. The van der Waals surface area contributed by atoms with E-state index in [-0.39, 0.29) is 19.0 Å². The summed E-state index contributed by atoms with van der Waals surface area (Å²) >= 11 is 6.10. The first-order chi connectivity index (χ1) is 10.3. The first-order valence-corrected chi connectivity index (χ1v) is 8.67. The molecule has 1 saturated heterocycles. The van der Waals surface area contributed by atoms with Crippen LogP contribution < -0.4 is 5.14 Å². The van der Waals surface area contributed by atoms with Crippen molar-refractivity contribution < 1.29 is 13.2 Å². The first-order valence-electron chi connectivity index (χ1n) is 6.79. The molecule has 0 bridgehead atoms. The van der Waals surface area contributed by atoms with Crippen LogP contribution >= 0.6 is 11.6 Å². The zero-order chi connectivity index (χ0) is 16.3. The molecule has 0 atom stereocenters. The molecule has 0 spiro atoms. The minimum absolute atomic E-state index is 0.161. The SMILES string of the molecule is C/C(=C\C(=O)N1CCN(S(N)(=O)=O)CC1)c1ccccc1Cl. The highest BCUT2D eigenvalue weighted by Gasteiger charge is 2.25. The van der Waals surface area contributed by atoms with Gasteiger partial charge < -0.3 is 4.90 Å². The fraction of sp³-hybridized carbons (Fsp3) is 0.357. The van der Waals surface area contributed by atoms with E-state index in [0.29, 0.717) is 18.1 Å². The summed E-state index contributed by atoms with van der Waals surface area (Å²) in [6.07, 6.45) is 1.52. The number of hydrogen-bond donors (Lipinski definition) is 1. The molecular formula is C14H18ClN3O3S. The fourth-order valence-corrected chi connectivity index (χ4v) is 3.26. The molecule has 0 radical (unpaired) electrons. The number of benzene rings is 1. The largest absolute Gasteiger partial charge is 0.337 e. The third-order valence-corrected chi connectivity index (χ3v) is 4.96. The maximum absolute atomic E-state index is 12.3. The van der Waals surface area contributed by atoms with E-state index < -0.39 is 10.2 Å². The molecule has 1 aliphatic heterocycles. The van der Waals surface area contributed by atoms with Crippen LogP contribution in [0.4, 0.5) is 0 Å². The molecule has 8 heteroatoms. The van der Waals surface area contributed by atoms with Gasteiger partial charge in [-0.1, -0.05) is 29.8 Å². The quantitative estimate of drug-likeness (QED) is 0.834. The highest BCUT2D eigenvalue weighted by molar-refractivity contribution is 7.86. The van der Waals surface area contributed by atoms with E-state index in [0.717, 1.165) is 11.1 Å². The second-order valence-electron chi connectivity index (χ2n) is 5.08. The van der Waals surface area contributed by atoms with Gasteiger partial charge in [-0.3, -0.25) is 4.79 Å². The molecule has 1 amide bonds. The minimum Gasteiger partial charge on any atom is -0.337 e. The topological polar surface area (TPSA) is 83.7 Å². The number of halogens is 1. The summed E-state index contributed by atoms with van der Waals surface area (Å²) in [5.41, 5.74) is 1.57. The molecule has 2 rings (SSSR count). The van der Waals surface area contributed by atoms with Crippen LogP contribution in [0.1, 0.15) is 12.5 Å². The molecule has 1 aromatic carbocycles. The second kappa shape index (κ2) is 6.78. The lowest BCUT2D eigenvalue weighted by Crippen LogP contribution is -2.51. The molecule has 120 valence electrons. The summed E-state index contributed by atoms with van der Waals surface area (Å²) in [5.74, 6) is -0.161. The molecule has 1 aromatic rings. The van der Waals surface area contributed by atoms with Gasteiger partial charge in [-0.15, -0.1) is 0 Å². The van der Waals surface area contributed by atoms with E-state index in [4.69, 9.17) is 16.7 Å². The van der Waals surface area contributed by atoms with E-state index >= 15 is 0 Å². The number of rotatable bonds is 3. The van der Waals surface area contributed by atoms with E-state index in [9.17, 15) is 13.2 Å². The van der Waals surface area contributed by atoms with Crippen molar-refractivity contribution in [1.82, 2.24) is 9.21 Å². The highest BCUT2D eigenvalue weighted by Crippen LogP contribution is 2.23. The summed E-state index contributed by atoms with van der Waals surface area (Å²) in [7, 11) is -3.68. The number of piperazine rings is 1. The Kier molecular flexibility index (Phi) is 5.23. The number of amides is 1. The lowest BCUT2D eigenvalue weighted by Gasteiger charge is -2.32. The van der Waals surface area contributed by atoms with Crippen molar-refractivity contribution in [2.24, 2.45) is 5.14 Å². The van der Waals surface area contributed by atoms with Gasteiger partial charge in [0, 0.05) is 37.3 Å². The van der Waals surface area contributed by atoms with Gasteiger partial charge in [-0.2, -0.15) is 12.7 Å². The van der Waals surface area contributed by atoms with Gasteiger partial charge in [0.05, 0.1) is 0 Å². The first kappa shape index (κ1) is 17.0. The van der Waals surface area contributed by atoms with Gasteiger partial charge in [0.25, 0.3) is 10.2 Å². The molecule has 0 aromatic heterocycles. The van der Waals surface area contributed by atoms with Crippen molar-refractivity contribution in [3.63, 3.8) is 0 Å². The van der Waals surface area contributed by atoms with E-state index in [1.807, 2.05) is 25.1 Å². The average molecular weight is 344 g/mol. The van der Waals surface area contributed by atoms with Crippen LogP contribution in [0.2, 0.25) is 5.02 Å². The number of hydrogen-bond acceptors (Lipinski definition) is 3. The van der Waals surface area contributed by atoms with Crippen LogP contribution in [-0.2, 0) is 15.0 Å². The number of nitrogens with zero attached hydrogens (tertiary/aromatic N) is 2. The predicted octanol–water partition coefficient (Wildman–Crippen LogP) is 1.09. The Morgan fingerprint density at radius 1 is 1.23 bits per heavy atom. The molecule has 1 aliphatic rings. The number of carbonyl (C=O) groups is 1. The zero-order valence-electron chi connectivity index (χ0n) is 12.2. The molecule has 2 N–H and O–H groups in total. The van der Waals surface area contributed by atoms with Crippen molar-refractivity contribution >= 4 is 33.3 Å². The Balaban J connectivity index is 2.05. The predicted molar refractivity (Wildman–Crippen MR) is 86.4 cm³/mol. The Morgan fingerprint density at radius 2 is 1.82 bits per heavy atom. The second-order valence-corrected chi connectivity index (χ2v) is 7.03. The standard InChI is InChI=1S/C14H18ClN3O3S/c1-11(12-4-2-3-5-13(12)15)10-14(19)17-6-8-18(9-7-17)22(16,20)21/h2-5,10H,6-9H2,1H3,(H2,16,20,21)/b11-10+. The Bertz CT molecular complexity index is 695. The highest BCUT2D eigenvalue weighted by atomic mass is 35.5. The van der Waals surface area contributed by atoms with Gasteiger partial charge in [0.2, 0.25) is 5.91 Å².